The van der Waals surface area contributed by atoms with Crippen LogP contribution in [0.1, 0.15) is 46.5 Å². The molecule has 1 saturated carbocycles. The van der Waals surface area contributed by atoms with Gasteiger partial charge in [0.15, 0.2) is 0 Å². The molecule has 1 heterocycles. The molecule has 0 aromatic carbocycles. The van der Waals surface area contributed by atoms with Gasteiger partial charge in [0, 0.05) is 13.2 Å². The number of methoxy groups -OCH3 is 1. The van der Waals surface area contributed by atoms with Crippen LogP contribution < -0.4 is 5.32 Å². The van der Waals surface area contributed by atoms with Crippen molar-refractivity contribution in [2.45, 2.75) is 64.6 Å². The van der Waals surface area contributed by atoms with Crippen LogP contribution >= 0.6 is 0 Å². The van der Waals surface area contributed by atoms with Crippen LogP contribution in [0.2, 0.25) is 0 Å². The lowest BCUT2D eigenvalue weighted by atomic mass is 9.81. The summed E-state index contributed by atoms with van der Waals surface area (Å²) in [6, 6.07) is -0.263. The molecule has 1 N–H and O–H groups in total. The third kappa shape index (κ3) is 2.97. The van der Waals surface area contributed by atoms with Crippen LogP contribution in [0.15, 0.2) is 0 Å². The second-order valence-electron chi connectivity index (χ2n) is 6.97. The topological polar surface area (TPSA) is 58.6 Å². The van der Waals surface area contributed by atoms with Gasteiger partial charge in [-0.3, -0.25) is 9.59 Å². The Morgan fingerprint density at radius 3 is 2.55 bits per heavy atom. The Morgan fingerprint density at radius 2 is 1.95 bits per heavy atom. The summed E-state index contributed by atoms with van der Waals surface area (Å²) in [4.78, 5) is 26.5. The molecule has 0 bridgehead atoms. The molecular weight excluding hydrogens is 256 g/mol. The van der Waals surface area contributed by atoms with Crippen molar-refractivity contribution in [2.24, 2.45) is 5.41 Å². The number of hydrogen-bond acceptors (Lipinski definition) is 3. The lowest BCUT2D eigenvalue weighted by Crippen LogP contribution is -2.66. The van der Waals surface area contributed by atoms with E-state index in [1.807, 2.05) is 25.7 Å². The Labute approximate surface area is 121 Å². The van der Waals surface area contributed by atoms with Crippen LogP contribution in [0, 0.1) is 5.41 Å². The molecule has 3 atom stereocenters. The van der Waals surface area contributed by atoms with Gasteiger partial charge in [-0.2, -0.15) is 0 Å². The fourth-order valence-corrected chi connectivity index (χ4v) is 3.43. The van der Waals surface area contributed by atoms with E-state index >= 15 is 0 Å². The van der Waals surface area contributed by atoms with Gasteiger partial charge in [0.25, 0.3) is 0 Å². The first-order valence-corrected chi connectivity index (χ1v) is 7.46. The standard InChI is InChI=1S/C15H26N2O3/c1-15(2,3)13-14(19)16-9-12(18)17(13)10-6-5-7-11(8-10)20-4/h10-11,13H,5-9H2,1-4H3,(H,16,19). The molecule has 0 spiro atoms. The molecule has 1 aliphatic carbocycles. The Kier molecular flexibility index (Phi) is 4.37. The quantitative estimate of drug-likeness (QED) is 0.831. The highest BCUT2D eigenvalue weighted by atomic mass is 16.5. The Bertz CT molecular complexity index is 389. The van der Waals surface area contributed by atoms with Crippen LogP contribution in [-0.2, 0) is 14.3 Å². The Balaban J connectivity index is 2.24. The maximum absolute atomic E-state index is 12.4. The first-order chi connectivity index (χ1) is 9.34. The highest BCUT2D eigenvalue weighted by Crippen LogP contribution is 2.33. The second kappa shape index (κ2) is 5.72. The number of carbonyl (C=O) groups excluding carboxylic acids is 2. The smallest absolute Gasteiger partial charge is 0.243 e. The molecule has 2 amide bonds. The van der Waals surface area contributed by atoms with Gasteiger partial charge >= 0.3 is 0 Å². The van der Waals surface area contributed by atoms with Crippen molar-refractivity contribution in [3.63, 3.8) is 0 Å². The van der Waals surface area contributed by atoms with Gasteiger partial charge in [-0.05, 0) is 31.1 Å². The summed E-state index contributed by atoms with van der Waals surface area (Å²) in [5.74, 6) is 0.00270. The number of ether oxygens (including phenoxy) is 1. The monoisotopic (exact) mass is 282 g/mol. The molecule has 1 saturated heterocycles. The summed E-state index contributed by atoms with van der Waals surface area (Å²) < 4.78 is 5.46. The first kappa shape index (κ1) is 15.3. The second-order valence-corrected chi connectivity index (χ2v) is 6.97. The number of nitrogens with one attached hydrogen (secondary N) is 1. The fraction of sp³-hybridized carbons (Fsp3) is 0.867. The zero-order chi connectivity index (χ0) is 14.9. The van der Waals surface area contributed by atoms with Crippen LogP contribution in [-0.4, -0.2) is 48.6 Å². The van der Waals surface area contributed by atoms with E-state index in [0.717, 1.165) is 25.7 Å². The van der Waals surface area contributed by atoms with E-state index in [-0.39, 0.29) is 42.0 Å². The summed E-state index contributed by atoms with van der Waals surface area (Å²) in [7, 11) is 1.72. The third-order valence-corrected chi connectivity index (χ3v) is 4.37. The van der Waals surface area contributed by atoms with E-state index in [0.29, 0.717) is 0 Å². The van der Waals surface area contributed by atoms with Crippen LogP contribution in [0.5, 0.6) is 0 Å². The lowest BCUT2D eigenvalue weighted by Gasteiger charge is -2.47. The molecule has 0 radical (unpaired) electrons. The molecule has 20 heavy (non-hydrogen) atoms. The molecule has 3 unspecified atom stereocenters. The van der Waals surface area contributed by atoms with Gasteiger partial charge in [-0.1, -0.05) is 20.8 Å². The molecule has 2 fully saturated rings. The molecule has 2 aliphatic rings. The van der Waals surface area contributed by atoms with Crippen molar-refractivity contribution in [1.82, 2.24) is 10.2 Å². The maximum atomic E-state index is 12.4. The predicted molar refractivity (Wildman–Crippen MR) is 76.2 cm³/mol. The van der Waals surface area contributed by atoms with Crippen molar-refractivity contribution in [1.29, 1.82) is 0 Å². The lowest BCUT2D eigenvalue weighted by molar-refractivity contribution is -0.155. The molecule has 5 heteroatoms. The van der Waals surface area contributed by atoms with Crippen molar-refractivity contribution < 1.29 is 14.3 Å². The summed E-state index contributed by atoms with van der Waals surface area (Å²) in [5, 5.41) is 2.72. The normalized spacial score (nSPS) is 32.2. The number of amides is 2. The van der Waals surface area contributed by atoms with Gasteiger partial charge in [-0.15, -0.1) is 0 Å². The van der Waals surface area contributed by atoms with Crippen molar-refractivity contribution in [2.75, 3.05) is 13.7 Å². The number of piperazine rings is 1. The number of hydrogen-bond donors (Lipinski definition) is 1. The zero-order valence-corrected chi connectivity index (χ0v) is 12.9. The minimum Gasteiger partial charge on any atom is -0.381 e. The molecule has 0 aromatic rings. The van der Waals surface area contributed by atoms with E-state index in [9.17, 15) is 9.59 Å². The molecule has 0 aromatic heterocycles. The SMILES string of the molecule is COC1CCCC(N2C(=O)CNC(=O)C2C(C)(C)C)C1. The molecular formula is C15H26N2O3. The molecule has 114 valence electrons. The summed E-state index contributed by atoms with van der Waals surface area (Å²) in [6.45, 7) is 6.16. The largest absolute Gasteiger partial charge is 0.381 e. The minimum absolute atomic E-state index is 0.0309. The van der Waals surface area contributed by atoms with E-state index < -0.39 is 0 Å². The van der Waals surface area contributed by atoms with E-state index in [2.05, 4.69) is 5.32 Å². The first-order valence-electron chi connectivity index (χ1n) is 7.46. The zero-order valence-electron chi connectivity index (χ0n) is 12.9. The third-order valence-electron chi connectivity index (χ3n) is 4.37. The summed E-state index contributed by atoms with van der Waals surface area (Å²) >= 11 is 0. The van der Waals surface area contributed by atoms with E-state index in [4.69, 9.17) is 4.74 Å². The number of carbonyl (C=O) groups is 2. The summed E-state index contributed by atoms with van der Waals surface area (Å²) in [5.41, 5.74) is -0.264. The van der Waals surface area contributed by atoms with Crippen molar-refractivity contribution in [3.8, 4) is 0 Å². The van der Waals surface area contributed by atoms with Crippen LogP contribution in [0.3, 0.4) is 0 Å². The highest BCUT2D eigenvalue weighted by Gasteiger charge is 2.45. The highest BCUT2D eigenvalue weighted by molar-refractivity contribution is 5.95. The molecule has 1 aliphatic heterocycles. The molecule has 5 nitrogen and oxygen atoms in total. The van der Waals surface area contributed by atoms with Crippen LogP contribution in [0.25, 0.3) is 0 Å². The number of rotatable bonds is 2. The molecule has 2 rings (SSSR count). The predicted octanol–water partition coefficient (Wildman–Crippen LogP) is 1.32. The fourth-order valence-electron chi connectivity index (χ4n) is 3.43. The van der Waals surface area contributed by atoms with Crippen molar-refractivity contribution in [3.05, 3.63) is 0 Å². The van der Waals surface area contributed by atoms with Crippen LogP contribution in [0.4, 0.5) is 0 Å². The average Bonchev–Trinajstić information content (AvgIpc) is 2.39. The Hall–Kier alpha value is -1.10. The van der Waals surface area contributed by atoms with E-state index in [1.165, 1.54) is 0 Å². The van der Waals surface area contributed by atoms with Gasteiger partial charge in [0.2, 0.25) is 11.8 Å². The van der Waals surface area contributed by atoms with Crippen molar-refractivity contribution >= 4 is 11.8 Å². The van der Waals surface area contributed by atoms with Gasteiger partial charge in [-0.25, -0.2) is 0 Å². The maximum Gasteiger partial charge on any atom is 0.243 e. The van der Waals surface area contributed by atoms with Gasteiger partial charge < -0.3 is 15.0 Å². The minimum atomic E-state index is -0.385. The average molecular weight is 282 g/mol. The summed E-state index contributed by atoms with van der Waals surface area (Å²) in [6.07, 6.45) is 4.09. The van der Waals surface area contributed by atoms with E-state index in [1.54, 1.807) is 7.11 Å². The van der Waals surface area contributed by atoms with Gasteiger partial charge in [0.05, 0.1) is 12.6 Å². The van der Waals surface area contributed by atoms with Gasteiger partial charge in [0.1, 0.15) is 6.04 Å². The Morgan fingerprint density at radius 1 is 1.25 bits per heavy atom. The number of nitrogens with zero attached hydrogens (tertiary/aromatic N) is 1.